The van der Waals surface area contributed by atoms with Crippen molar-refractivity contribution in [2.45, 2.75) is 31.1 Å². The molecule has 188 valence electrons. The molecule has 3 amide bonds. The Hall–Kier alpha value is -3.45. The van der Waals surface area contributed by atoms with Crippen molar-refractivity contribution >= 4 is 40.8 Å². The van der Waals surface area contributed by atoms with Crippen LogP contribution in [0.15, 0.2) is 77.7 Å². The topological polar surface area (TPSA) is 64.7 Å². The Kier molecular flexibility index (Phi) is 7.89. The quantitative estimate of drug-likeness (QED) is 0.401. The van der Waals surface area contributed by atoms with Crippen LogP contribution in [0.5, 0.6) is 0 Å². The van der Waals surface area contributed by atoms with Gasteiger partial charge in [0.1, 0.15) is 0 Å². The van der Waals surface area contributed by atoms with E-state index in [9.17, 15) is 9.59 Å². The van der Waals surface area contributed by atoms with Gasteiger partial charge in [-0.2, -0.15) is 0 Å². The standard InChI is InChI=1S/C29H34N4O2S/c1-29(2,3)22-7-5-21(6-8-22)27(34)33-19-17-32(18-20-33)25-13-9-23(10-14-25)30-28(35)31-24-11-15-26(36-4)16-12-24/h5-16H,17-20H2,1-4H3,(H2,30,31,35). The first-order valence-electron chi connectivity index (χ1n) is 12.2. The Labute approximate surface area is 218 Å². The minimum Gasteiger partial charge on any atom is -0.368 e. The second kappa shape index (κ2) is 11.1. The summed E-state index contributed by atoms with van der Waals surface area (Å²) in [6, 6.07) is 23.3. The fourth-order valence-electron chi connectivity index (χ4n) is 4.19. The Morgan fingerprint density at radius 2 is 1.28 bits per heavy atom. The molecule has 0 bridgehead atoms. The average Bonchev–Trinajstić information content (AvgIpc) is 2.89. The number of rotatable bonds is 5. The van der Waals surface area contributed by atoms with Gasteiger partial charge < -0.3 is 20.4 Å². The molecule has 0 aromatic heterocycles. The van der Waals surface area contributed by atoms with Gasteiger partial charge >= 0.3 is 6.03 Å². The highest BCUT2D eigenvalue weighted by molar-refractivity contribution is 7.98. The van der Waals surface area contributed by atoms with E-state index in [4.69, 9.17) is 0 Å². The number of carbonyl (C=O) groups excluding carboxylic acids is 2. The second-order valence-corrected chi connectivity index (χ2v) is 10.8. The summed E-state index contributed by atoms with van der Waals surface area (Å²) in [6.45, 7) is 9.41. The number of piperazine rings is 1. The van der Waals surface area contributed by atoms with Crippen LogP contribution >= 0.6 is 11.8 Å². The fraction of sp³-hybridized carbons (Fsp3) is 0.310. The van der Waals surface area contributed by atoms with E-state index in [1.54, 1.807) is 11.8 Å². The third-order valence-electron chi connectivity index (χ3n) is 6.40. The number of carbonyl (C=O) groups is 2. The first kappa shape index (κ1) is 25.6. The van der Waals surface area contributed by atoms with E-state index >= 15 is 0 Å². The number of hydrogen-bond donors (Lipinski definition) is 2. The van der Waals surface area contributed by atoms with Gasteiger partial charge in [-0.15, -0.1) is 11.8 Å². The minimum absolute atomic E-state index is 0.0715. The number of amides is 3. The monoisotopic (exact) mass is 502 g/mol. The van der Waals surface area contributed by atoms with Crippen LogP contribution in [0.3, 0.4) is 0 Å². The van der Waals surface area contributed by atoms with Gasteiger partial charge in [0.05, 0.1) is 0 Å². The van der Waals surface area contributed by atoms with Crippen molar-refractivity contribution in [3.05, 3.63) is 83.9 Å². The predicted octanol–water partition coefficient (Wildman–Crippen LogP) is 6.31. The van der Waals surface area contributed by atoms with Gasteiger partial charge in [-0.3, -0.25) is 4.79 Å². The summed E-state index contributed by atoms with van der Waals surface area (Å²) in [4.78, 5) is 30.6. The molecule has 0 unspecified atom stereocenters. The zero-order valence-electron chi connectivity index (χ0n) is 21.4. The predicted molar refractivity (Wildman–Crippen MR) is 151 cm³/mol. The lowest BCUT2D eigenvalue weighted by Gasteiger charge is -2.36. The molecular formula is C29H34N4O2S. The zero-order chi connectivity index (χ0) is 25.7. The van der Waals surface area contributed by atoms with Gasteiger partial charge in [-0.05, 0) is 77.9 Å². The number of benzene rings is 3. The Bertz CT molecular complexity index is 1180. The molecule has 0 radical (unpaired) electrons. The van der Waals surface area contributed by atoms with Crippen LogP contribution in [-0.4, -0.2) is 49.3 Å². The smallest absolute Gasteiger partial charge is 0.323 e. The van der Waals surface area contributed by atoms with E-state index in [0.717, 1.165) is 40.6 Å². The molecular weight excluding hydrogens is 468 g/mol. The Morgan fingerprint density at radius 1 is 0.750 bits per heavy atom. The molecule has 36 heavy (non-hydrogen) atoms. The number of nitrogens with zero attached hydrogens (tertiary/aromatic N) is 2. The molecule has 3 aromatic rings. The highest BCUT2D eigenvalue weighted by atomic mass is 32.2. The third-order valence-corrected chi connectivity index (χ3v) is 7.15. The summed E-state index contributed by atoms with van der Waals surface area (Å²) in [5.41, 5.74) is 4.59. The highest BCUT2D eigenvalue weighted by Gasteiger charge is 2.23. The second-order valence-electron chi connectivity index (χ2n) is 9.96. The highest BCUT2D eigenvalue weighted by Crippen LogP contribution is 2.24. The molecule has 1 aliphatic heterocycles. The van der Waals surface area contributed by atoms with Gasteiger partial charge in [0.15, 0.2) is 0 Å². The number of thioether (sulfide) groups is 1. The third kappa shape index (κ3) is 6.40. The summed E-state index contributed by atoms with van der Waals surface area (Å²) < 4.78 is 0. The van der Waals surface area contributed by atoms with Gasteiger partial charge in [-0.25, -0.2) is 4.79 Å². The Balaban J connectivity index is 1.28. The van der Waals surface area contributed by atoms with E-state index in [1.165, 1.54) is 5.56 Å². The minimum atomic E-state index is -0.276. The average molecular weight is 503 g/mol. The van der Waals surface area contributed by atoms with Crippen molar-refractivity contribution in [1.82, 2.24) is 4.90 Å². The van der Waals surface area contributed by atoms with Gasteiger partial charge in [0.2, 0.25) is 0 Å². The molecule has 0 aliphatic carbocycles. The number of nitrogens with one attached hydrogen (secondary N) is 2. The van der Waals surface area contributed by atoms with Crippen molar-refractivity contribution in [2.24, 2.45) is 0 Å². The molecule has 2 N–H and O–H groups in total. The molecule has 1 heterocycles. The molecule has 0 atom stereocenters. The zero-order valence-corrected chi connectivity index (χ0v) is 22.2. The van der Waals surface area contributed by atoms with Crippen molar-refractivity contribution in [3.63, 3.8) is 0 Å². The van der Waals surface area contributed by atoms with Crippen LogP contribution in [0.25, 0.3) is 0 Å². The fourth-order valence-corrected chi connectivity index (χ4v) is 4.59. The Morgan fingerprint density at radius 3 is 1.78 bits per heavy atom. The van der Waals surface area contributed by atoms with E-state index in [-0.39, 0.29) is 17.4 Å². The SMILES string of the molecule is CSc1ccc(NC(=O)Nc2ccc(N3CCN(C(=O)c4ccc(C(C)(C)C)cc4)CC3)cc2)cc1. The summed E-state index contributed by atoms with van der Waals surface area (Å²) in [7, 11) is 0. The van der Waals surface area contributed by atoms with Gasteiger partial charge in [-0.1, -0.05) is 32.9 Å². The molecule has 4 rings (SSSR count). The maximum absolute atomic E-state index is 13.0. The first-order chi connectivity index (χ1) is 17.2. The maximum Gasteiger partial charge on any atom is 0.323 e. The van der Waals surface area contributed by atoms with Crippen LogP contribution in [0.4, 0.5) is 21.9 Å². The van der Waals surface area contributed by atoms with Crippen molar-refractivity contribution < 1.29 is 9.59 Å². The number of urea groups is 1. The number of hydrogen-bond acceptors (Lipinski definition) is 4. The summed E-state index contributed by atoms with van der Waals surface area (Å²) in [5.74, 6) is 0.0868. The molecule has 3 aromatic carbocycles. The largest absolute Gasteiger partial charge is 0.368 e. The normalized spacial score (nSPS) is 13.9. The molecule has 0 spiro atoms. The maximum atomic E-state index is 13.0. The van der Waals surface area contributed by atoms with Crippen LogP contribution in [0, 0.1) is 0 Å². The summed E-state index contributed by atoms with van der Waals surface area (Å²) in [6.07, 6.45) is 2.02. The molecule has 0 saturated carbocycles. The van der Waals surface area contributed by atoms with Crippen LogP contribution < -0.4 is 15.5 Å². The van der Waals surface area contributed by atoms with E-state index < -0.39 is 0 Å². The molecule has 7 heteroatoms. The summed E-state index contributed by atoms with van der Waals surface area (Å²) >= 11 is 1.66. The van der Waals surface area contributed by atoms with Crippen molar-refractivity contribution in [3.8, 4) is 0 Å². The number of anilines is 3. The van der Waals surface area contributed by atoms with Crippen LogP contribution in [0.2, 0.25) is 0 Å². The molecule has 1 fully saturated rings. The lowest BCUT2D eigenvalue weighted by Crippen LogP contribution is -2.48. The molecule has 1 aliphatic rings. The molecule has 1 saturated heterocycles. The van der Waals surface area contributed by atoms with Gasteiger partial charge in [0, 0.05) is 53.7 Å². The van der Waals surface area contributed by atoms with Crippen molar-refractivity contribution in [1.29, 1.82) is 0 Å². The van der Waals surface area contributed by atoms with E-state index in [2.05, 4.69) is 48.4 Å². The summed E-state index contributed by atoms with van der Waals surface area (Å²) in [5, 5.41) is 5.73. The van der Waals surface area contributed by atoms with Gasteiger partial charge in [0.25, 0.3) is 5.91 Å². The van der Waals surface area contributed by atoms with Crippen LogP contribution in [-0.2, 0) is 5.41 Å². The first-order valence-corrected chi connectivity index (χ1v) is 13.4. The lowest BCUT2D eigenvalue weighted by atomic mass is 9.86. The van der Waals surface area contributed by atoms with E-state index in [0.29, 0.717) is 13.1 Å². The van der Waals surface area contributed by atoms with Crippen LogP contribution in [0.1, 0.15) is 36.7 Å². The van der Waals surface area contributed by atoms with Crippen molar-refractivity contribution in [2.75, 3.05) is 48.0 Å². The van der Waals surface area contributed by atoms with E-state index in [1.807, 2.05) is 71.8 Å². The lowest BCUT2D eigenvalue weighted by molar-refractivity contribution is 0.0746. The molecule has 6 nitrogen and oxygen atoms in total.